The first-order valence-electron chi connectivity index (χ1n) is 8.03. The standard InChI is InChI=1S/C17H15N5O5S/c1-3-27-16(24)11-12(18)10-13(8-5-4-6-9(7-8)22(25)26)19-17(28-2)21-14(10)20-15(11)23/h4-7H,3H2,1-2H3,(H3,18,19,20,21,23). The van der Waals surface area contributed by atoms with Crippen LogP contribution in [0.1, 0.15) is 17.3 Å². The molecule has 0 spiro atoms. The Bertz CT molecular complexity index is 1100. The fourth-order valence-corrected chi connectivity index (χ4v) is 2.99. The molecule has 0 atom stereocenters. The zero-order valence-electron chi connectivity index (χ0n) is 14.9. The van der Waals surface area contributed by atoms with Crippen molar-refractivity contribution >= 4 is 40.1 Å². The van der Waals surface area contributed by atoms with Crippen LogP contribution < -0.4 is 5.73 Å². The minimum absolute atomic E-state index is 0.0592. The molecule has 0 amide bonds. The van der Waals surface area contributed by atoms with Crippen molar-refractivity contribution in [2.75, 3.05) is 18.6 Å². The number of nitro groups is 1. The molecule has 2 heterocycles. The summed E-state index contributed by atoms with van der Waals surface area (Å²) in [5.41, 5.74) is 6.32. The van der Waals surface area contributed by atoms with Crippen molar-refractivity contribution in [3.63, 3.8) is 0 Å². The summed E-state index contributed by atoms with van der Waals surface area (Å²) in [7, 11) is 0. The van der Waals surface area contributed by atoms with E-state index in [4.69, 9.17) is 10.5 Å². The lowest BCUT2D eigenvalue weighted by molar-refractivity contribution is -0.384. The first-order chi connectivity index (χ1) is 13.4. The second-order valence-corrected chi connectivity index (χ2v) is 6.28. The maximum Gasteiger partial charge on any atom is 0.345 e. The summed E-state index contributed by atoms with van der Waals surface area (Å²) in [6.45, 7) is 1.69. The van der Waals surface area contributed by atoms with Crippen LogP contribution in [0.25, 0.3) is 22.3 Å². The number of nitrogens with zero attached hydrogens (tertiary/aromatic N) is 4. The SMILES string of the molecule is CCOC(=O)c1c(O)nc2nc(SC)nc(-c3cccc([N+](=O)[O-])c3)c2c1N. The molecule has 3 aromatic rings. The highest BCUT2D eigenvalue weighted by atomic mass is 32.2. The molecule has 3 rings (SSSR count). The van der Waals surface area contributed by atoms with Gasteiger partial charge in [0.1, 0.15) is 5.56 Å². The van der Waals surface area contributed by atoms with Gasteiger partial charge in [-0.2, -0.15) is 4.98 Å². The molecule has 3 N–H and O–H groups in total. The monoisotopic (exact) mass is 401 g/mol. The average molecular weight is 401 g/mol. The fraction of sp³-hybridized carbons (Fsp3) is 0.176. The van der Waals surface area contributed by atoms with Gasteiger partial charge in [0.05, 0.1) is 28.3 Å². The zero-order valence-corrected chi connectivity index (χ0v) is 15.7. The van der Waals surface area contributed by atoms with Gasteiger partial charge in [-0.1, -0.05) is 23.9 Å². The van der Waals surface area contributed by atoms with Crippen molar-refractivity contribution in [3.05, 3.63) is 39.9 Å². The Morgan fingerprint density at radius 2 is 2.11 bits per heavy atom. The number of nitro benzene ring substituents is 1. The highest BCUT2D eigenvalue weighted by molar-refractivity contribution is 7.98. The lowest BCUT2D eigenvalue weighted by Crippen LogP contribution is -2.11. The molecule has 10 nitrogen and oxygen atoms in total. The highest BCUT2D eigenvalue weighted by Crippen LogP contribution is 2.37. The van der Waals surface area contributed by atoms with Crippen LogP contribution in [-0.4, -0.2) is 43.8 Å². The summed E-state index contributed by atoms with van der Waals surface area (Å²) < 4.78 is 4.93. The predicted octanol–water partition coefficient (Wildman–Crippen LogP) is 2.79. The van der Waals surface area contributed by atoms with Gasteiger partial charge in [-0.25, -0.2) is 14.8 Å². The van der Waals surface area contributed by atoms with E-state index >= 15 is 0 Å². The molecule has 1 aromatic carbocycles. The average Bonchev–Trinajstić information content (AvgIpc) is 2.67. The van der Waals surface area contributed by atoms with E-state index in [1.54, 1.807) is 19.2 Å². The lowest BCUT2D eigenvalue weighted by Gasteiger charge is -2.13. The number of carbonyl (C=O) groups excluding carboxylic acids is 1. The molecule has 0 saturated carbocycles. The number of fused-ring (bicyclic) bond motifs is 1. The number of nitrogen functional groups attached to an aromatic ring is 1. The van der Waals surface area contributed by atoms with Crippen molar-refractivity contribution in [2.45, 2.75) is 12.1 Å². The number of anilines is 1. The number of esters is 1. The number of aromatic nitrogens is 3. The molecule has 0 unspecified atom stereocenters. The molecule has 2 aromatic heterocycles. The van der Waals surface area contributed by atoms with Gasteiger partial charge >= 0.3 is 5.97 Å². The van der Waals surface area contributed by atoms with E-state index in [0.717, 1.165) is 0 Å². The number of carbonyl (C=O) groups is 1. The summed E-state index contributed by atoms with van der Waals surface area (Å²) in [5, 5.41) is 21.8. The molecule has 28 heavy (non-hydrogen) atoms. The first-order valence-corrected chi connectivity index (χ1v) is 9.26. The summed E-state index contributed by atoms with van der Waals surface area (Å²) in [6, 6.07) is 5.81. The molecule has 0 bridgehead atoms. The molecule has 0 aliphatic carbocycles. The van der Waals surface area contributed by atoms with E-state index < -0.39 is 16.8 Å². The number of hydrogen-bond acceptors (Lipinski definition) is 10. The number of nitrogens with two attached hydrogens (primary N) is 1. The normalized spacial score (nSPS) is 10.8. The molecule has 0 fully saturated rings. The Hall–Kier alpha value is -3.47. The van der Waals surface area contributed by atoms with Crippen LogP contribution in [0.15, 0.2) is 29.4 Å². The molecule has 0 aliphatic rings. The van der Waals surface area contributed by atoms with Crippen LogP contribution in [0.5, 0.6) is 5.88 Å². The van der Waals surface area contributed by atoms with Gasteiger partial charge in [0.2, 0.25) is 5.88 Å². The molecule has 144 valence electrons. The van der Waals surface area contributed by atoms with Crippen LogP contribution in [0.4, 0.5) is 11.4 Å². The van der Waals surface area contributed by atoms with E-state index in [2.05, 4.69) is 15.0 Å². The van der Waals surface area contributed by atoms with E-state index in [-0.39, 0.29) is 40.3 Å². The smallest absolute Gasteiger partial charge is 0.345 e. The predicted molar refractivity (Wildman–Crippen MR) is 103 cm³/mol. The molecule has 0 radical (unpaired) electrons. The summed E-state index contributed by atoms with van der Waals surface area (Å²) >= 11 is 1.22. The van der Waals surface area contributed by atoms with Crippen LogP contribution in [-0.2, 0) is 4.74 Å². The largest absolute Gasteiger partial charge is 0.493 e. The fourth-order valence-electron chi connectivity index (χ4n) is 2.63. The van der Waals surface area contributed by atoms with Gasteiger partial charge in [-0.15, -0.1) is 0 Å². The van der Waals surface area contributed by atoms with Gasteiger partial charge in [0, 0.05) is 17.7 Å². The minimum atomic E-state index is -0.842. The van der Waals surface area contributed by atoms with Crippen molar-refractivity contribution < 1.29 is 19.6 Å². The third-order valence-electron chi connectivity index (χ3n) is 3.84. The van der Waals surface area contributed by atoms with Gasteiger partial charge in [0.15, 0.2) is 10.8 Å². The zero-order chi connectivity index (χ0) is 20.4. The van der Waals surface area contributed by atoms with E-state index in [0.29, 0.717) is 10.7 Å². The van der Waals surface area contributed by atoms with Crippen molar-refractivity contribution in [1.29, 1.82) is 0 Å². The topological polar surface area (TPSA) is 154 Å². The summed E-state index contributed by atoms with van der Waals surface area (Å²) in [6.07, 6.45) is 1.74. The summed E-state index contributed by atoms with van der Waals surface area (Å²) in [5.74, 6) is -1.45. The Morgan fingerprint density at radius 3 is 2.75 bits per heavy atom. The van der Waals surface area contributed by atoms with Gasteiger partial charge in [-0.05, 0) is 13.2 Å². The van der Waals surface area contributed by atoms with Crippen LogP contribution >= 0.6 is 11.8 Å². The quantitative estimate of drug-likeness (QED) is 0.214. The van der Waals surface area contributed by atoms with E-state index in [1.807, 2.05) is 0 Å². The molecule has 0 saturated heterocycles. The number of ether oxygens (including phenoxy) is 1. The third kappa shape index (κ3) is 3.39. The maximum absolute atomic E-state index is 12.2. The number of hydrogen-bond donors (Lipinski definition) is 2. The molecular weight excluding hydrogens is 386 g/mol. The van der Waals surface area contributed by atoms with Crippen LogP contribution in [0.2, 0.25) is 0 Å². The number of benzene rings is 1. The Labute approximate surface area is 162 Å². The number of pyridine rings is 1. The lowest BCUT2D eigenvalue weighted by atomic mass is 10.0. The molecule has 0 aliphatic heterocycles. The minimum Gasteiger partial charge on any atom is -0.493 e. The van der Waals surface area contributed by atoms with E-state index in [9.17, 15) is 20.0 Å². The van der Waals surface area contributed by atoms with Gasteiger partial charge in [0.25, 0.3) is 5.69 Å². The number of thioether (sulfide) groups is 1. The van der Waals surface area contributed by atoms with E-state index in [1.165, 1.54) is 30.0 Å². The maximum atomic E-state index is 12.2. The number of non-ortho nitro benzene ring substituents is 1. The van der Waals surface area contributed by atoms with Crippen LogP contribution in [0, 0.1) is 10.1 Å². The first kappa shape index (κ1) is 19.3. The Kier molecular flexibility index (Phi) is 5.27. The molecular formula is C17H15N5O5S. The van der Waals surface area contributed by atoms with Crippen LogP contribution in [0.3, 0.4) is 0 Å². The third-order valence-corrected chi connectivity index (χ3v) is 4.38. The van der Waals surface area contributed by atoms with Crippen molar-refractivity contribution in [3.8, 4) is 17.1 Å². The number of aromatic hydroxyl groups is 1. The summed E-state index contributed by atoms with van der Waals surface area (Å²) in [4.78, 5) is 35.4. The van der Waals surface area contributed by atoms with Gasteiger partial charge < -0.3 is 15.6 Å². The Balaban J connectivity index is 2.38. The van der Waals surface area contributed by atoms with Crippen molar-refractivity contribution in [1.82, 2.24) is 15.0 Å². The second-order valence-electron chi connectivity index (χ2n) is 5.51. The van der Waals surface area contributed by atoms with Gasteiger partial charge in [-0.3, -0.25) is 10.1 Å². The number of rotatable bonds is 5. The highest BCUT2D eigenvalue weighted by Gasteiger charge is 2.25. The van der Waals surface area contributed by atoms with Crippen molar-refractivity contribution in [2.24, 2.45) is 0 Å². The Morgan fingerprint density at radius 1 is 1.36 bits per heavy atom. The molecule has 11 heteroatoms. The second kappa shape index (κ2) is 7.64.